The second-order valence-electron chi connectivity index (χ2n) is 5.30. The standard InChI is InChI=1S/C17H18N4O3/c1-3-24-15-10(2)8-18-17(21-15)19-9-12-11-6-4-5-7-13(11)20-14(12)16(22)23/h4-8,20H,3,9H2,1-2H3,(H,22,23)(H,18,19,21). The first-order valence-corrected chi connectivity index (χ1v) is 7.63. The Bertz CT molecular complexity index is 889. The number of aryl methyl sites for hydroxylation is 1. The smallest absolute Gasteiger partial charge is 0.352 e. The Morgan fingerprint density at radius 3 is 2.92 bits per heavy atom. The van der Waals surface area contributed by atoms with Gasteiger partial charge in [-0.3, -0.25) is 0 Å². The van der Waals surface area contributed by atoms with Gasteiger partial charge in [0.15, 0.2) is 0 Å². The summed E-state index contributed by atoms with van der Waals surface area (Å²) in [6, 6.07) is 7.47. The number of carboxylic acid groups (broad SMARTS) is 1. The third-order valence-corrected chi connectivity index (χ3v) is 3.66. The maximum Gasteiger partial charge on any atom is 0.352 e. The average Bonchev–Trinajstić information content (AvgIpc) is 2.95. The van der Waals surface area contributed by atoms with E-state index in [2.05, 4.69) is 20.3 Å². The van der Waals surface area contributed by atoms with E-state index in [1.807, 2.05) is 38.1 Å². The molecule has 1 aromatic carbocycles. The average molecular weight is 326 g/mol. The van der Waals surface area contributed by atoms with Gasteiger partial charge in [-0.05, 0) is 19.9 Å². The van der Waals surface area contributed by atoms with E-state index in [0.29, 0.717) is 30.5 Å². The SMILES string of the molecule is CCOc1nc(NCc2c(C(=O)O)[nH]c3ccccc23)ncc1C. The summed E-state index contributed by atoms with van der Waals surface area (Å²) in [5.74, 6) is -0.0825. The number of H-pyrrole nitrogens is 1. The lowest BCUT2D eigenvalue weighted by atomic mass is 10.1. The molecule has 0 radical (unpaired) electrons. The van der Waals surface area contributed by atoms with Crippen molar-refractivity contribution in [2.24, 2.45) is 0 Å². The van der Waals surface area contributed by atoms with Crippen LogP contribution in [-0.2, 0) is 6.54 Å². The van der Waals surface area contributed by atoms with Crippen molar-refractivity contribution in [1.82, 2.24) is 15.0 Å². The van der Waals surface area contributed by atoms with Crippen LogP contribution in [0.4, 0.5) is 5.95 Å². The molecule has 0 atom stereocenters. The topological polar surface area (TPSA) is 100 Å². The summed E-state index contributed by atoms with van der Waals surface area (Å²) in [6.07, 6.45) is 1.67. The van der Waals surface area contributed by atoms with Gasteiger partial charge in [0.05, 0.1) is 6.61 Å². The van der Waals surface area contributed by atoms with Gasteiger partial charge in [-0.2, -0.15) is 4.98 Å². The molecule has 3 rings (SSSR count). The molecule has 0 amide bonds. The van der Waals surface area contributed by atoms with Crippen molar-refractivity contribution in [1.29, 1.82) is 0 Å². The molecule has 3 N–H and O–H groups in total. The second kappa shape index (κ2) is 6.57. The molecule has 7 nitrogen and oxygen atoms in total. The first-order chi connectivity index (χ1) is 11.6. The third kappa shape index (κ3) is 3.01. The zero-order valence-electron chi connectivity index (χ0n) is 13.5. The van der Waals surface area contributed by atoms with Crippen molar-refractivity contribution in [3.05, 3.63) is 47.3 Å². The molecule has 0 aliphatic rings. The molecule has 24 heavy (non-hydrogen) atoms. The number of ether oxygens (including phenoxy) is 1. The minimum absolute atomic E-state index is 0.167. The third-order valence-electron chi connectivity index (χ3n) is 3.66. The number of aromatic amines is 1. The lowest BCUT2D eigenvalue weighted by Crippen LogP contribution is -2.09. The molecule has 0 bridgehead atoms. The van der Waals surface area contributed by atoms with Gasteiger partial charge in [0.25, 0.3) is 0 Å². The molecule has 0 aliphatic heterocycles. The van der Waals surface area contributed by atoms with Gasteiger partial charge in [0.2, 0.25) is 11.8 Å². The van der Waals surface area contributed by atoms with Gasteiger partial charge in [-0.25, -0.2) is 9.78 Å². The van der Waals surface area contributed by atoms with Crippen LogP contribution in [-0.4, -0.2) is 32.6 Å². The van der Waals surface area contributed by atoms with Crippen LogP contribution in [0.2, 0.25) is 0 Å². The summed E-state index contributed by atoms with van der Waals surface area (Å²) in [5.41, 5.74) is 2.47. The number of nitrogens with one attached hydrogen (secondary N) is 2. The number of aromatic carboxylic acids is 1. The van der Waals surface area contributed by atoms with Crippen LogP contribution in [0.25, 0.3) is 10.9 Å². The number of nitrogens with zero attached hydrogens (tertiary/aromatic N) is 2. The molecule has 0 spiro atoms. The van der Waals surface area contributed by atoms with E-state index in [1.54, 1.807) is 6.20 Å². The van der Waals surface area contributed by atoms with Crippen LogP contribution in [0.1, 0.15) is 28.5 Å². The largest absolute Gasteiger partial charge is 0.478 e. The van der Waals surface area contributed by atoms with Crippen LogP contribution in [0.3, 0.4) is 0 Å². The van der Waals surface area contributed by atoms with E-state index in [0.717, 1.165) is 16.5 Å². The van der Waals surface area contributed by atoms with Gasteiger partial charge in [-0.1, -0.05) is 18.2 Å². The maximum absolute atomic E-state index is 11.5. The van der Waals surface area contributed by atoms with Crippen LogP contribution in [0.15, 0.2) is 30.5 Å². The zero-order chi connectivity index (χ0) is 17.1. The number of rotatable bonds is 6. The summed E-state index contributed by atoms with van der Waals surface area (Å²) in [4.78, 5) is 22.9. The lowest BCUT2D eigenvalue weighted by Gasteiger charge is -2.09. The molecule has 124 valence electrons. The summed E-state index contributed by atoms with van der Waals surface area (Å²) in [5, 5.41) is 13.3. The number of hydrogen-bond donors (Lipinski definition) is 3. The zero-order valence-corrected chi connectivity index (χ0v) is 13.5. The van der Waals surface area contributed by atoms with E-state index in [4.69, 9.17) is 4.74 Å². The number of carbonyl (C=O) groups is 1. The van der Waals surface area contributed by atoms with E-state index in [1.165, 1.54) is 0 Å². The molecule has 2 heterocycles. The van der Waals surface area contributed by atoms with E-state index in [-0.39, 0.29) is 5.69 Å². The summed E-state index contributed by atoms with van der Waals surface area (Å²) >= 11 is 0. The fourth-order valence-corrected chi connectivity index (χ4v) is 2.53. The Morgan fingerprint density at radius 2 is 2.17 bits per heavy atom. The lowest BCUT2D eigenvalue weighted by molar-refractivity contribution is 0.0690. The van der Waals surface area contributed by atoms with Crippen molar-refractivity contribution >= 4 is 22.8 Å². The Labute approximate surface area is 138 Å². The van der Waals surface area contributed by atoms with E-state index >= 15 is 0 Å². The first-order valence-electron chi connectivity index (χ1n) is 7.63. The quantitative estimate of drug-likeness (QED) is 0.644. The maximum atomic E-state index is 11.5. The summed E-state index contributed by atoms with van der Waals surface area (Å²) in [6.45, 7) is 4.57. The number of benzene rings is 1. The number of aromatic nitrogens is 3. The molecular weight excluding hydrogens is 308 g/mol. The number of carboxylic acids is 1. The molecule has 0 fully saturated rings. The second-order valence-corrected chi connectivity index (χ2v) is 5.30. The molecule has 0 unspecified atom stereocenters. The van der Waals surface area contributed by atoms with Crippen molar-refractivity contribution in [3.63, 3.8) is 0 Å². The van der Waals surface area contributed by atoms with Gasteiger partial charge in [-0.15, -0.1) is 0 Å². The Kier molecular flexibility index (Phi) is 4.33. The Morgan fingerprint density at radius 1 is 1.38 bits per heavy atom. The van der Waals surface area contributed by atoms with Crippen LogP contribution in [0.5, 0.6) is 5.88 Å². The fourth-order valence-electron chi connectivity index (χ4n) is 2.53. The van der Waals surface area contributed by atoms with Crippen LogP contribution in [0, 0.1) is 6.92 Å². The van der Waals surface area contributed by atoms with Gasteiger partial charge >= 0.3 is 5.97 Å². The Hall–Kier alpha value is -3.09. The minimum atomic E-state index is -0.997. The van der Waals surface area contributed by atoms with Crippen molar-refractivity contribution in [2.45, 2.75) is 20.4 Å². The highest BCUT2D eigenvalue weighted by Gasteiger charge is 2.17. The molecule has 0 saturated carbocycles. The minimum Gasteiger partial charge on any atom is -0.478 e. The molecule has 2 aromatic heterocycles. The van der Waals surface area contributed by atoms with E-state index < -0.39 is 5.97 Å². The highest BCUT2D eigenvalue weighted by molar-refractivity contribution is 5.97. The highest BCUT2D eigenvalue weighted by atomic mass is 16.5. The molecule has 0 saturated heterocycles. The summed E-state index contributed by atoms with van der Waals surface area (Å²) in [7, 11) is 0. The molecular formula is C17H18N4O3. The monoisotopic (exact) mass is 326 g/mol. The molecule has 3 aromatic rings. The number of para-hydroxylation sites is 1. The van der Waals surface area contributed by atoms with Crippen LogP contribution >= 0.6 is 0 Å². The van der Waals surface area contributed by atoms with Gasteiger partial charge in [0.1, 0.15) is 5.69 Å². The van der Waals surface area contributed by atoms with Crippen molar-refractivity contribution < 1.29 is 14.6 Å². The number of anilines is 1. The Balaban J connectivity index is 1.89. The van der Waals surface area contributed by atoms with Crippen LogP contribution < -0.4 is 10.1 Å². The summed E-state index contributed by atoms with van der Waals surface area (Å²) < 4.78 is 5.46. The first kappa shape index (κ1) is 15.8. The predicted molar refractivity (Wildman–Crippen MR) is 90.5 cm³/mol. The van der Waals surface area contributed by atoms with E-state index in [9.17, 15) is 9.90 Å². The van der Waals surface area contributed by atoms with Crippen molar-refractivity contribution in [3.8, 4) is 5.88 Å². The van der Waals surface area contributed by atoms with Gasteiger partial charge < -0.3 is 20.1 Å². The normalized spacial score (nSPS) is 10.8. The van der Waals surface area contributed by atoms with Crippen molar-refractivity contribution in [2.75, 3.05) is 11.9 Å². The fraction of sp³-hybridized carbons (Fsp3) is 0.235. The highest BCUT2D eigenvalue weighted by Crippen LogP contribution is 2.23. The predicted octanol–water partition coefficient (Wildman–Crippen LogP) is 2.98. The van der Waals surface area contributed by atoms with Gasteiger partial charge in [0, 0.05) is 34.8 Å². The number of hydrogen-bond acceptors (Lipinski definition) is 5. The molecule has 0 aliphatic carbocycles. The molecule has 7 heteroatoms. The number of fused-ring (bicyclic) bond motifs is 1.